The standard InChI is InChI=1S/C18H16O2S/c19-15-11-21-17(12-6-2-1-3-7-12)18(15)10-13-8-4-5-9-14(13)16(18)20/h1-9,15,17,19H,10-11H2/t15-,17-,18-/m0/s1. The van der Waals surface area contributed by atoms with Crippen molar-refractivity contribution in [2.75, 3.05) is 5.75 Å². The summed E-state index contributed by atoms with van der Waals surface area (Å²) in [6.07, 6.45) is 0.0723. The Balaban J connectivity index is 1.84. The summed E-state index contributed by atoms with van der Waals surface area (Å²) >= 11 is 1.70. The molecule has 0 amide bonds. The fourth-order valence-electron chi connectivity index (χ4n) is 3.70. The van der Waals surface area contributed by atoms with Gasteiger partial charge in [0.2, 0.25) is 0 Å². The van der Waals surface area contributed by atoms with Gasteiger partial charge >= 0.3 is 0 Å². The Morgan fingerprint density at radius 1 is 1.05 bits per heavy atom. The first-order valence-corrected chi connectivity index (χ1v) is 8.25. The molecule has 4 rings (SSSR count). The molecule has 2 nitrogen and oxygen atoms in total. The number of carbonyl (C=O) groups excluding carboxylic acids is 1. The average molecular weight is 296 g/mol. The summed E-state index contributed by atoms with van der Waals surface area (Å²) in [5, 5.41) is 10.6. The molecule has 0 radical (unpaired) electrons. The fourth-order valence-corrected chi connectivity index (χ4v) is 5.37. The quantitative estimate of drug-likeness (QED) is 0.877. The summed E-state index contributed by atoms with van der Waals surface area (Å²) < 4.78 is 0. The lowest BCUT2D eigenvalue weighted by atomic mass is 9.73. The van der Waals surface area contributed by atoms with Gasteiger partial charge < -0.3 is 5.11 Å². The molecular weight excluding hydrogens is 280 g/mol. The van der Waals surface area contributed by atoms with E-state index in [0.717, 1.165) is 16.7 Å². The summed E-state index contributed by atoms with van der Waals surface area (Å²) in [5.41, 5.74) is 2.32. The normalized spacial score (nSPS) is 30.8. The van der Waals surface area contributed by atoms with E-state index in [2.05, 4.69) is 12.1 Å². The zero-order valence-electron chi connectivity index (χ0n) is 11.5. The molecule has 106 valence electrons. The molecule has 1 spiro atoms. The average Bonchev–Trinajstić information content (AvgIpc) is 3.01. The van der Waals surface area contributed by atoms with Crippen LogP contribution in [0.4, 0.5) is 0 Å². The highest BCUT2D eigenvalue weighted by molar-refractivity contribution is 7.99. The van der Waals surface area contributed by atoms with E-state index in [0.29, 0.717) is 12.2 Å². The lowest BCUT2D eigenvalue weighted by molar-refractivity contribution is 0.0435. The van der Waals surface area contributed by atoms with E-state index in [4.69, 9.17) is 0 Å². The number of hydrogen-bond donors (Lipinski definition) is 1. The van der Waals surface area contributed by atoms with Gasteiger partial charge in [-0.3, -0.25) is 4.79 Å². The van der Waals surface area contributed by atoms with E-state index in [1.807, 2.05) is 42.5 Å². The van der Waals surface area contributed by atoms with Gasteiger partial charge in [0, 0.05) is 16.6 Å². The molecule has 1 aliphatic carbocycles. The summed E-state index contributed by atoms with van der Waals surface area (Å²) in [6, 6.07) is 17.9. The molecule has 1 fully saturated rings. The molecule has 0 bridgehead atoms. The van der Waals surface area contributed by atoms with Crippen LogP contribution in [0.1, 0.15) is 26.7 Å². The van der Waals surface area contributed by atoms with Crippen molar-refractivity contribution in [3.63, 3.8) is 0 Å². The molecule has 1 N–H and O–H groups in total. The van der Waals surface area contributed by atoms with Crippen molar-refractivity contribution in [2.45, 2.75) is 17.8 Å². The van der Waals surface area contributed by atoms with Gasteiger partial charge in [0.05, 0.1) is 11.5 Å². The molecule has 1 aliphatic heterocycles. The summed E-state index contributed by atoms with van der Waals surface area (Å²) in [4.78, 5) is 13.0. The van der Waals surface area contributed by atoms with E-state index in [9.17, 15) is 9.90 Å². The zero-order valence-corrected chi connectivity index (χ0v) is 12.3. The first kappa shape index (κ1) is 13.1. The predicted molar refractivity (Wildman–Crippen MR) is 84.6 cm³/mol. The minimum absolute atomic E-state index is 0.0357. The molecule has 3 heteroatoms. The second-order valence-corrected chi connectivity index (χ2v) is 6.98. The minimum atomic E-state index is -0.685. The minimum Gasteiger partial charge on any atom is -0.391 e. The highest BCUT2D eigenvalue weighted by atomic mass is 32.2. The van der Waals surface area contributed by atoms with Crippen LogP contribution < -0.4 is 0 Å². The molecule has 21 heavy (non-hydrogen) atoms. The summed E-state index contributed by atoms with van der Waals surface area (Å²) in [7, 11) is 0. The Morgan fingerprint density at radius 3 is 2.52 bits per heavy atom. The molecule has 2 aromatic carbocycles. The van der Waals surface area contributed by atoms with Gasteiger partial charge in [0.25, 0.3) is 0 Å². The SMILES string of the molecule is O=C1c2ccccc2C[C@]12[C@@H](O)CS[C@H]2c1ccccc1. The lowest BCUT2D eigenvalue weighted by Crippen LogP contribution is -2.41. The number of carbonyl (C=O) groups is 1. The molecule has 2 aromatic rings. The zero-order chi connectivity index (χ0) is 14.4. The predicted octanol–water partition coefficient (Wildman–Crippen LogP) is 3.26. The van der Waals surface area contributed by atoms with Gasteiger partial charge in [0.1, 0.15) is 0 Å². The van der Waals surface area contributed by atoms with Crippen LogP contribution in [0.25, 0.3) is 0 Å². The Bertz CT molecular complexity index is 697. The van der Waals surface area contributed by atoms with E-state index >= 15 is 0 Å². The molecule has 1 saturated heterocycles. The molecular formula is C18H16O2S. The second-order valence-electron chi connectivity index (χ2n) is 5.84. The van der Waals surface area contributed by atoms with Crippen LogP contribution in [0.2, 0.25) is 0 Å². The highest BCUT2D eigenvalue weighted by Gasteiger charge is 2.59. The molecule has 0 aromatic heterocycles. The van der Waals surface area contributed by atoms with Crippen LogP contribution >= 0.6 is 11.8 Å². The number of Topliss-reactive ketones (excluding diaryl/α,β-unsaturated/α-hetero) is 1. The third kappa shape index (κ3) is 1.74. The number of fused-ring (bicyclic) bond motifs is 1. The van der Waals surface area contributed by atoms with Crippen molar-refractivity contribution in [3.05, 3.63) is 71.3 Å². The Kier molecular flexibility index (Phi) is 2.95. The number of benzene rings is 2. The Morgan fingerprint density at radius 2 is 1.76 bits per heavy atom. The van der Waals surface area contributed by atoms with E-state index < -0.39 is 11.5 Å². The molecule has 1 heterocycles. The summed E-state index contributed by atoms with van der Waals surface area (Å²) in [6.45, 7) is 0. The van der Waals surface area contributed by atoms with Crippen LogP contribution in [0.5, 0.6) is 0 Å². The van der Waals surface area contributed by atoms with Gasteiger partial charge in [0.15, 0.2) is 5.78 Å². The molecule has 0 unspecified atom stereocenters. The van der Waals surface area contributed by atoms with E-state index in [1.165, 1.54) is 0 Å². The van der Waals surface area contributed by atoms with Crippen LogP contribution in [0.15, 0.2) is 54.6 Å². The van der Waals surface area contributed by atoms with Crippen molar-refractivity contribution in [1.29, 1.82) is 0 Å². The molecule has 2 aliphatic rings. The van der Waals surface area contributed by atoms with Gasteiger partial charge in [-0.05, 0) is 17.5 Å². The third-order valence-electron chi connectivity index (χ3n) is 4.75. The monoisotopic (exact) mass is 296 g/mol. The maximum Gasteiger partial charge on any atom is 0.173 e. The maximum atomic E-state index is 13.0. The van der Waals surface area contributed by atoms with Crippen molar-refractivity contribution in [2.24, 2.45) is 5.41 Å². The third-order valence-corrected chi connectivity index (χ3v) is 6.29. The number of ketones is 1. The van der Waals surface area contributed by atoms with Crippen LogP contribution in [-0.4, -0.2) is 22.7 Å². The maximum absolute atomic E-state index is 13.0. The topological polar surface area (TPSA) is 37.3 Å². The van der Waals surface area contributed by atoms with E-state index in [1.54, 1.807) is 11.8 Å². The van der Waals surface area contributed by atoms with Gasteiger partial charge in [-0.1, -0.05) is 54.6 Å². The van der Waals surface area contributed by atoms with Crippen molar-refractivity contribution in [1.82, 2.24) is 0 Å². The van der Waals surface area contributed by atoms with Crippen molar-refractivity contribution >= 4 is 17.5 Å². The van der Waals surface area contributed by atoms with Gasteiger partial charge in [-0.25, -0.2) is 0 Å². The Labute approximate surface area is 128 Å². The molecule has 0 saturated carbocycles. The smallest absolute Gasteiger partial charge is 0.173 e. The van der Waals surface area contributed by atoms with E-state index in [-0.39, 0.29) is 11.0 Å². The second kappa shape index (κ2) is 4.72. The lowest BCUT2D eigenvalue weighted by Gasteiger charge is -2.31. The number of aliphatic hydroxyl groups excluding tert-OH is 1. The van der Waals surface area contributed by atoms with Crippen molar-refractivity contribution in [3.8, 4) is 0 Å². The number of hydrogen-bond acceptors (Lipinski definition) is 3. The van der Waals surface area contributed by atoms with Crippen LogP contribution in [0.3, 0.4) is 0 Å². The first-order chi connectivity index (χ1) is 10.2. The largest absolute Gasteiger partial charge is 0.391 e. The van der Waals surface area contributed by atoms with Crippen LogP contribution in [0, 0.1) is 5.41 Å². The Hall–Kier alpha value is -1.58. The molecule has 3 atom stereocenters. The summed E-state index contributed by atoms with van der Waals surface area (Å²) in [5.74, 6) is 0.740. The van der Waals surface area contributed by atoms with Crippen molar-refractivity contribution < 1.29 is 9.90 Å². The first-order valence-electron chi connectivity index (χ1n) is 7.21. The highest BCUT2D eigenvalue weighted by Crippen LogP contribution is 2.59. The van der Waals surface area contributed by atoms with Gasteiger partial charge in [-0.2, -0.15) is 0 Å². The number of rotatable bonds is 1. The van der Waals surface area contributed by atoms with Crippen LogP contribution in [-0.2, 0) is 6.42 Å². The van der Waals surface area contributed by atoms with Gasteiger partial charge in [-0.15, -0.1) is 11.8 Å². The number of thioether (sulfide) groups is 1. The fraction of sp³-hybridized carbons (Fsp3) is 0.278. The number of aliphatic hydroxyl groups is 1.